The van der Waals surface area contributed by atoms with Gasteiger partial charge in [0.05, 0.1) is 13.2 Å². The van der Waals surface area contributed by atoms with E-state index in [0.29, 0.717) is 12.2 Å². The largest absolute Gasteiger partial charge is 0.460 e. The van der Waals surface area contributed by atoms with Crippen LogP contribution in [-0.4, -0.2) is 24.9 Å². The molecule has 1 aromatic carbocycles. The molecule has 1 rings (SSSR count). The zero-order valence-corrected chi connectivity index (χ0v) is 11.6. The summed E-state index contributed by atoms with van der Waals surface area (Å²) in [5.74, 6) is 0.980. The quantitative estimate of drug-likeness (QED) is 0.344. The number of rotatable bonds is 6. The Morgan fingerprint density at radius 1 is 1.35 bits per heavy atom. The molecule has 0 bridgehead atoms. The van der Waals surface area contributed by atoms with E-state index < -0.39 is 11.8 Å². The van der Waals surface area contributed by atoms with E-state index in [0.717, 1.165) is 5.69 Å². The fraction of sp³-hybridized carbons (Fsp3) is 0.250. The molecule has 20 heavy (non-hydrogen) atoms. The van der Waals surface area contributed by atoms with Crippen molar-refractivity contribution in [1.29, 1.82) is 0 Å². The second-order valence-electron chi connectivity index (χ2n) is 4.00. The first-order valence-corrected chi connectivity index (χ1v) is 6.25. The summed E-state index contributed by atoms with van der Waals surface area (Å²) < 4.78 is 4.66. The molecule has 0 saturated heterocycles. The summed E-state index contributed by atoms with van der Waals surface area (Å²) in [4.78, 5) is 24.7. The Balaban J connectivity index is 2.95. The number of terminal acetylenes is 1. The van der Waals surface area contributed by atoms with Crippen LogP contribution < -0.4 is 4.90 Å². The van der Waals surface area contributed by atoms with E-state index in [9.17, 15) is 9.59 Å². The first-order chi connectivity index (χ1) is 9.60. The molecule has 1 aromatic rings. The summed E-state index contributed by atoms with van der Waals surface area (Å²) >= 11 is 0. The molecule has 0 fully saturated rings. The molecule has 0 aliphatic heterocycles. The van der Waals surface area contributed by atoms with Crippen LogP contribution >= 0.6 is 0 Å². The first-order valence-electron chi connectivity index (χ1n) is 6.25. The van der Waals surface area contributed by atoms with Crippen molar-refractivity contribution >= 4 is 17.4 Å². The van der Waals surface area contributed by atoms with Crippen LogP contribution in [0.5, 0.6) is 0 Å². The van der Waals surface area contributed by atoms with Crippen molar-refractivity contribution in [3.8, 4) is 12.3 Å². The molecule has 0 aromatic heterocycles. The molecule has 104 valence electrons. The standard InChI is InChI=1S/C16H17NO3/c1-4-11-17(14-9-7-6-8-10-14)13(3)12-15(18)16(19)20-5-2/h1,6-10,12H,5,11H2,2-3H3/b13-12+. The van der Waals surface area contributed by atoms with Crippen molar-refractivity contribution in [3.63, 3.8) is 0 Å². The Bertz CT molecular complexity index is 541. The number of nitrogens with zero attached hydrogens (tertiary/aromatic N) is 1. The normalized spacial score (nSPS) is 10.6. The second-order valence-corrected chi connectivity index (χ2v) is 4.00. The van der Waals surface area contributed by atoms with Gasteiger partial charge in [-0.05, 0) is 26.0 Å². The zero-order chi connectivity index (χ0) is 15.0. The van der Waals surface area contributed by atoms with Crippen molar-refractivity contribution in [2.75, 3.05) is 18.1 Å². The number of anilines is 1. The molecule has 0 heterocycles. The number of carbonyl (C=O) groups excluding carboxylic acids is 2. The molecule has 0 amide bonds. The highest BCUT2D eigenvalue weighted by Crippen LogP contribution is 2.18. The van der Waals surface area contributed by atoms with Gasteiger partial charge in [0.2, 0.25) is 0 Å². The van der Waals surface area contributed by atoms with Crippen LogP contribution in [0.4, 0.5) is 5.69 Å². The molecule has 0 unspecified atom stereocenters. The molecule has 0 aliphatic carbocycles. The number of benzene rings is 1. The minimum atomic E-state index is -0.861. The van der Waals surface area contributed by atoms with E-state index in [-0.39, 0.29) is 6.61 Å². The highest BCUT2D eigenvalue weighted by Gasteiger charge is 2.14. The van der Waals surface area contributed by atoms with Gasteiger partial charge < -0.3 is 9.64 Å². The van der Waals surface area contributed by atoms with Crippen molar-refractivity contribution in [1.82, 2.24) is 0 Å². The van der Waals surface area contributed by atoms with Crippen LogP contribution in [0.2, 0.25) is 0 Å². The number of carbonyl (C=O) groups is 2. The number of hydrogen-bond donors (Lipinski definition) is 0. The van der Waals surface area contributed by atoms with Gasteiger partial charge in [0.1, 0.15) is 0 Å². The number of hydrogen-bond acceptors (Lipinski definition) is 4. The summed E-state index contributed by atoms with van der Waals surface area (Å²) in [6, 6.07) is 9.39. The predicted molar refractivity (Wildman–Crippen MR) is 78.0 cm³/mol. The zero-order valence-electron chi connectivity index (χ0n) is 11.6. The lowest BCUT2D eigenvalue weighted by atomic mass is 10.2. The van der Waals surface area contributed by atoms with Gasteiger partial charge in [-0.3, -0.25) is 4.79 Å². The smallest absolute Gasteiger partial charge is 0.379 e. The molecule has 0 aliphatic rings. The van der Waals surface area contributed by atoms with E-state index in [1.807, 2.05) is 30.3 Å². The maximum absolute atomic E-state index is 11.7. The fourth-order valence-electron chi connectivity index (χ4n) is 1.65. The Morgan fingerprint density at radius 3 is 2.55 bits per heavy atom. The minimum absolute atomic E-state index is 0.171. The van der Waals surface area contributed by atoms with Gasteiger partial charge >= 0.3 is 5.97 Å². The summed E-state index contributed by atoms with van der Waals surface area (Å²) in [6.45, 7) is 3.85. The first kappa shape index (κ1) is 15.5. The molecular formula is C16H17NO3. The van der Waals surface area contributed by atoms with Crippen LogP contribution in [0, 0.1) is 12.3 Å². The Morgan fingerprint density at radius 2 is 2.00 bits per heavy atom. The fourth-order valence-corrected chi connectivity index (χ4v) is 1.65. The van der Waals surface area contributed by atoms with E-state index in [2.05, 4.69) is 10.7 Å². The number of allylic oxidation sites excluding steroid dienone is 1. The van der Waals surface area contributed by atoms with Crippen molar-refractivity contribution in [2.24, 2.45) is 0 Å². The van der Waals surface area contributed by atoms with Crippen LogP contribution in [-0.2, 0) is 14.3 Å². The number of ether oxygens (including phenoxy) is 1. The van der Waals surface area contributed by atoms with Gasteiger partial charge in [-0.15, -0.1) is 6.42 Å². The molecule has 0 spiro atoms. The molecule has 0 N–H and O–H groups in total. The van der Waals surface area contributed by atoms with Gasteiger partial charge in [0.15, 0.2) is 0 Å². The summed E-state index contributed by atoms with van der Waals surface area (Å²) in [7, 11) is 0. The lowest BCUT2D eigenvalue weighted by Gasteiger charge is -2.22. The average Bonchev–Trinajstić information content (AvgIpc) is 2.45. The highest BCUT2D eigenvalue weighted by atomic mass is 16.5. The summed E-state index contributed by atoms with van der Waals surface area (Å²) in [5, 5.41) is 0. The van der Waals surface area contributed by atoms with Crippen LogP contribution in [0.15, 0.2) is 42.1 Å². The monoisotopic (exact) mass is 271 g/mol. The molecular weight excluding hydrogens is 254 g/mol. The van der Waals surface area contributed by atoms with E-state index in [4.69, 9.17) is 6.42 Å². The van der Waals surface area contributed by atoms with Gasteiger partial charge in [-0.1, -0.05) is 24.1 Å². The number of ketones is 1. The van der Waals surface area contributed by atoms with Crippen molar-refractivity contribution in [3.05, 3.63) is 42.1 Å². The molecule has 0 radical (unpaired) electrons. The van der Waals surface area contributed by atoms with Gasteiger partial charge in [-0.25, -0.2) is 4.79 Å². The Labute approximate surface area is 119 Å². The predicted octanol–water partition coefficient (Wildman–Crippen LogP) is 2.16. The second kappa shape index (κ2) is 7.80. The number of esters is 1. The molecule has 0 saturated carbocycles. The van der Waals surface area contributed by atoms with Crippen LogP contribution in [0.3, 0.4) is 0 Å². The Hall–Kier alpha value is -2.54. The van der Waals surface area contributed by atoms with Crippen LogP contribution in [0.1, 0.15) is 13.8 Å². The van der Waals surface area contributed by atoms with E-state index >= 15 is 0 Å². The third-order valence-electron chi connectivity index (χ3n) is 2.56. The van der Waals surface area contributed by atoms with Gasteiger partial charge in [-0.2, -0.15) is 0 Å². The minimum Gasteiger partial charge on any atom is -0.460 e. The molecule has 4 heteroatoms. The van der Waals surface area contributed by atoms with E-state index in [1.54, 1.807) is 18.7 Å². The van der Waals surface area contributed by atoms with Crippen molar-refractivity contribution < 1.29 is 14.3 Å². The summed E-state index contributed by atoms with van der Waals surface area (Å²) in [6.07, 6.45) is 6.59. The lowest BCUT2D eigenvalue weighted by Crippen LogP contribution is -2.23. The molecule has 0 atom stereocenters. The molecule has 4 nitrogen and oxygen atoms in total. The lowest BCUT2D eigenvalue weighted by molar-refractivity contribution is -0.151. The maximum atomic E-state index is 11.7. The van der Waals surface area contributed by atoms with Gasteiger partial charge in [0, 0.05) is 17.5 Å². The van der Waals surface area contributed by atoms with Crippen LogP contribution in [0.25, 0.3) is 0 Å². The topological polar surface area (TPSA) is 46.6 Å². The third-order valence-corrected chi connectivity index (χ3v) is 2.56. The SMILES string of the molecule is C#CCN(/C(C)=C/C(=O)C(=O)OCC)c1ccccc1. The van der Waals surface area contributed by atoms with E-state index in [1.165, 1.54) is 6.08 Å². The average molecular weight is 271 g/mol. The maximum Gasteiger partial charge on any atom is 0.379 e. The third kappa shape index (κ3) is 4.29. The Kier molecular flexibility index (Phi) is 6.05. The van der Waals surface area contributed by atoms with Crippen molar-refractivity contribution in [2.45, 2.75) is 13.8 Å². The number of para-hydroxylation sites is 1. The van der Waals surface area contributed by atoms with Gasteiger partial charge in [0.25, 0.3) is 5.78 Å². The summed E-state index contributed by atoms with van der Waals surface area (Å²) in [5.41, 5.74) is 1.45. The highest BCUT2D eigenvalue weighted by molar-refractivity contribution is 6.38.